The van der Waals surface area contributed by atoms with E-state index in [1.807, 2.05) is 0 Å². The summed E-state index contributed by atoms with van der Waals surface area (Å²) in [5, 5.41) is 3.48. The molecule has 0 aliphatic carbocycles. The van der Waals surface area contributed by atoms with Crippen molar-refractivity contribution >= 4 is 5.82 Å². The van der Waals surface area contributed by atoms with E-state index >= 15 is 0 Å². The van der Waals surface area contributed by atoms with E-state index in [0.29, 0.717) is 12.0 Å². The van der Waals surface area contributed by atoms with Crippen molar-refractivity contribution in [1.29, 1.82) is 0 Å². The Labute approximate surface area is 121 Å². The molecular weight excluding hydrogens is 252 g/mol. The van der Waals surface area contributed by atoms with E-state index in [9.17, 15) is 0 Å². The third-order valence-corrected chi connectivity index (χ3v) is 3.59. The largest absolute Gasteiger partial charge is 0.377 e. The van der Waals surface area contributed by atoms with Crippen molar-refractivity contribution in [1.82, 2.24) is 15.3 Å². The fourth-order valence-electron chi connectivity index (χ4n) is 2.41. The molecule has 0 spiro atoms. The number of ether oxygens (including phenoxy) is 1. The van der Waals surface area contributed by atoms with Crippen molar-refractivity contribution < 1.29 is 4.74 Å². The average Bonchev–Trinajstić information content (AvgIpc) is 2.48. The monoisotopic (exact) mass is 278 g/mol. The van der Waals surface area contributed by atoms with E-state index in [1.165, 1.54) is 0 Å². The molecule has 0 aromatic carbocycles. The van der Waals surface area contributed by atoms with E-state index in [2.05, 4.69) is 47.0 Å². The zero-order valence-electron chi connectivity index (χ0n) is 12.8. The van der Waals surface area contributed by atoms with E-state index in [4.69, 9.17) is 4.74 Å². The smallest absolute Gasteiger partial charge is 0.132 e. The molecule has 0 radical (unpaired) electrons. The second-order valence-corrected chi connectivity index (χ2v) is 5.58. The molecule has 5 heteroatoms. The second kappa shape index (κ2) is 7.55. The first-order valence-corrected chi connectivity index (χ1v) is 7.59. The van der Waals surface area contributed by atoms with Crippen LogP contribution >= 0.6 is 0 Å². The van der Waals surface area contributed by atoms with Crippen LogP contribution in [0.3, 0.4) is 0 Å². The maximum absolute atomic E-state index is 5.62. The zero-order valence-corrected chi connectivity index (χ0v) is 12.8. The summed E-state index contributed by atoms with van der Waals surface area (Å²) in [4.78, 5) is 11.2. The van der Waals surface area contributed by atoms with Gasteiger partial charge in [-0.2, -0.15) is 0 Å². The Hall–Kier alpha value is -1.20. The highest BCUT2D eigenvalue weighted by Crippen LogP contribution is 2.20. The van der Waals surface area contributed by atoms with Gasteiger partial charge in [-0.25, -0.2) is 9.97 Å². The summed E-state index contributed by atoms with van der Waals surface area (Å²) in [6.45, 7) is 10.9. The van der Waals surface area contributed by atoms with Crippen LogP contribution in [0.25, 0.3) is 0 Å². The van der Waals surface area contributed by atoms with Gasteiger partial charge < -0.3 is 15.0 Å². The number of nitrogens with zero attached hydrogens (tertiary/aromatic N) is 3. The first-order valence-electron chi connectivity index (χ1n) is 7.59. The van der Waals surface area contributed by atoms with Crippen LogP contribution in [0.5, 0.6) is 0 Å². The number of hydrogen-bond donors (Lipinski definition) is 1. The summed E-state index contributed by atoms with van der Waals surface area (Å²) in [5.74, 6) is 1.45. The Morgan fingerprint density at radius 1 is 1.45 bits per heavy atom. The summed E-state index contributed by atoms with van der Waals surface area (Å²) in [5.41, 5.74) is 1.10. The molecule has 1 atom stereocenters. The highest BCUT2D eigenvalue weighted by Gasteiger charge is 2.24. The molecule has 1 N–H and O–H groups in total. The van der Waals surface area contributed by atoms with Crippen LogP contribution in [0.4, 0.5) is 5.82 Å². The fraction of sp³-hybridized carbons (Fsp3) is 0.733. The van der Waals surface area contributed by atoms with Gasteiger partial charge in [0.05, 0.1) is 19.3 Å². The maximum atomic E-state index is 5.62. The molecule has 1 aromatic rings. The molecule has 2 heterocycles. The Morgan fingerprint density at radius 3 is 3.05 bits per heavy atom. The van der Waals surface area contributed by atoms with Crippen molar-refractivity contribution in [2.75, 3.05) is 37.7 Å². The van der Waals surface area contributed by atoms with Crippen molar-refractivity contribution in [3.8, 4) is 0 Å². The van der Waals surface area contributed by atoms with Crippen molar-refractivity contribution in [3.63, 3.8) is 0 Å². The first-order chi connectivity index (χ1) is 9.72. The molecule has 1 saturated heterocycles. The van der Waals surface area contributed by atoms with Gasteiger partial charge in [-0.3, -0.25) is 0 Å². The molecule has 0 amide bonds. The summed E-state index contributed by atoms with van der Waals surface area (Å²) in [6, 6.07) is 2.47. The summed E-state index contributed by atoms with van der Waals surface area (Å²) in [6.07, 6.45) is 2.83. The van der Waals surface area contributed by atoms with E-state index in [0.717, 1.165) is 50.8 Å². The van der Waals surface area contributed by atoms with Crippen molar-refractivity contribution in [3.05, 3.63) is 18.1 Å². The van der Waals surface area contributed by atoms with Crippen LogP contribution in [-0.4, -0.2) is 48.9 Å². The minimum atomic E-state index is 0.352. The minimum absolute atomic E-state index is 0.352. The van der Waals surface area contributed by atoms with Crippen LogP contribution in [0.1, 0.15) is 38.8 Å². The predicted octanol–water partition coefficient (Wildman–Crippen LogP) is 1.80. The third kappa shape index (κ3) is 3.90. The molecule has 20 heavy (non-hydrogen) atoms. The van der Waals surface area contributed by atoms with Crippen LogP contribution in [0.2, 0.25) is 0 Å². The lowest BCUT2D eigenvalue weighted by molar-refractivity contribution is 0.0933. The van der Waals surface area contributed by atoms with Gasteiger partial charge in [-0.05, 0) is 18.9 Å². The molecule has 2 rings (SSSR count). The minimum Gasteiger partial charge on any atom is -0.377 e. The lowest BCUT2D eigenvalue weighted by Gasteiger charge is -2.36. The van der Waals surface area contributed by atoms with E-state index in [-0.39, 0.29) is 0 Å². The SMILES string of the molecule is CCCNCC1COCCN1c1cc(C(C)C)ncn1. The molecule has 1 aromatic heterocycles. The number of hydrogen-bond acceptors (Lipinski definition) is 5. The van der Waals surface area contributed by atoms with Gasteiger partial charge >= 0.3 is 0 Å². The van der Waals surface area contributed by atoms with Gasteiger partial charge in [0.2, 0.25) is 0 Å². The van der Waals surface area contributed by atoms with Crippen molar-refractivity contribution in [2.24, 2.45) is 0 Å². The lowest BCUT2D eigenvalue weighted by atomic mass is 10.1. The molecule has 1 aliphatic rings. The number of anilines is 1. The molecule has 0 saturated carbocycles. The van der Waals surface area contributed by atoms with Gasteiger partial charge in [-0.1, -0.05) is 20.8 Å². The fourth-order valence-corrected chi connectivity index (χ4v) is 2.41. The molecule has 1 aliphatic heterocycles. The standard InChI is InChI=1S/C15H26N4O/c1-4-5-16-9-13-10-20-7-6-19(13)15-8-14(12(2)3)17-11-18-15/h8,11-13,16H,4-7,9-10H2,1-3H3. The molecule has 112 valence electrons. The second-order valence-electron chi connectivity index (χ2n) is 5.58. The Kier molecular flexibility index (Phi) is 5.73. The number of morpholine rings is 1. The highest BCUT2D eigenvalue weighted by atomic mass is 16.5. The van der Waals surface area contributed by atoms with Crippen LogP contribution in [0, 0.1) is 0 Å². The number of rotatable bonds is 6. The van der Waals surface area contributed by atoms with Crippen molar-refractivity contribution in [2.45, 2.75) is 39.2 Å². The Morgan fingerprint density at radius 2 is 2.30 bits per heavy atom. The maximum Gasteiger partial charge on any atom is 0.132 e. The van der Waals surface area contributed by atoms with Gasteiger partial charge in [0.25, 0.3) is 0 Å². The number of nitrogens with one attached hydrogen (secondary N) is 1. The average molecular weight is 278 g/mol. The summed E-state index contributed by atoms with van der Waals surface area (Å²) < 4.78 is 5.62. The van der Waals surface area contributed by atoms with Crippen LogP contribution in [-0.2, 0) is 4.74 Å². The summed E-state index contributed by atoms with van der Waals surface area (Å²) >= 11 is 0. The Bertz CT molecular complexity index is 411. The molecular formula is C15H26N4O. The quantitative estimate of drug-likeness (QED) is 0.804. The highest BCUT2D eigenvalue weighted by molar-refractivity contribution is 5.41. The van der Waals surface area contributed by atoms with Crippen LogP contribution in [0.15, 0.2) is 12.4 Å². The molecule has 0 bridgehead atoms. The number of aromatic nitrogens is 2. The van der Waals surface area contributed by atoms with Gasteiger partial charge in [0, 0.05) is 24.8 Å². The third-order valence-electron chi connectivity index (χ3n) is 3.59. The topological polar surface area (TPSA) is 50.3 Å². The molecule has 1 unspecified atom stereocenters. The van der Waals surface area contributed by atoms with Gasteiger partial charge in [-0.15, -0.1) is 0 Å². The van der Waals surface area contributed by atoms with Crippen LogP contribution < -0.4 is 10.2 Å². The van der Waals surface area contributed by atoms with E-state index < -0.39 is 0 Å². The first kappa shape index (κ1) is 15.2. The Balaban J connectivity index is 2.08. The molecule has 1 fully saturated rings. The zero-order chi connectivity index (χ0) is 14.4. The molecule has 5 nitrogen and oxygen atoms in total. The normalized spacial score (nSPS) is 19.6. The summed E-state index contributed by atoms with van der Waals surface area (Å²) in [7, 11) is 0. The predicted molar refractivity (Wildman–Crippen MR) is 81.2 cm³/mol. The van der Waals surface area contributed by atoms with Gasteiger partial charge in [0.1, 0.15) is 12.1 Å². The van der Waals surface area contributed by atoms with E-state index in [1.54, 1.807) is 6.33 Å². The lowest BCUT2D eigenvalue weighted by Crippen LogP contribution is -2.51. The van der Waals surface area contributed by atoms with Gasteiger partial charge in [0.15, 0.2) is 0 Å².